The number of quaternary nitrogens is 1. The predicted octanol–water partition coefficient (Wildman–Crippen LogP) is 0.574. The van der Waals surface area contributed by atoms with Crippen molar-refractivity contribution in [2.75, 3.05) is 26.3 Å². The largest absolute Gasteiger partial charge is 0.493 e. The molecule has 0 unspecified atom stereocenters. The first-order chi connectivity index (χ1) is 7.86. The van der Waals surface area contributed by atoms with Crippen LogP contribution in [-0.2, 0) is 6.42 Å². The Labute approximate surface area is 97.4 Å². The van der Waals surface area contributed by atoms with Gasteiger partial charge in [-0.05, 0) is 24.1 Å². The molecule has 0 amide bonds. The molecule has 3 N–H and O–H groups in total. The fourth-order valence-corrected chi connectivity index (χ4v) is 1.51. The normalized spacial score (nSPS) is 10.4. The van der Waals surface area contributed by atoms with Crippen LogP contribution in [0.3, 0.4) is 0 Å². The average Bonchev–Trinajstić information content (AvgIpc) is 2.34. The molecule has 0 radical (unpaired) electrons. The lowest BCUT2D eigenvalue weighted by atomic mass is 10.2. The predicted molar refractivity (Wildman–Crippen MR) is 64.7 cm³/mol. The van der Waals surface area contributed by atoms with Crippen LogP contribution >= 0.6 is 0 Å². The smallest absolute Gasteiger partial charge is 0.119 e. The van der Waals surface area contributed by atoms with E-state index in [2.05, 4.69) is 24.4 Å². The van der Waals surface area contributed by atoms with Crippen molar-refractivity contribution in [3.8, 4) is 5.75 Å². The number of aliphatic hydroxyl groups excluding tert-OH is 1. The molecule has 3 heteroatoms. The van der Waals surface area contributed by atoms with E-state index >= 15 is 0 Å². The van der Waals surface area contributed by atoms with Crippen molar-refractivity contribution < 1.29 is 15.2 Å². The Hall–Kier alpha value is -1.06. The van der Waals surface area contributed by atoms with Crippen LogP contribution < -0.4 is 10.1 Å². The maximum Gasteiger partial charge on any atom is 0.119 e. The monoisotopic (exact) mass is 224 g/mol. The molecular weight excluding hydrogens is 202 g/mol. The van der Waals surface area contributed by atoms with Crippen LogP contribution in [0, 0.1) is 0 Å². The van der Waals surface area contributed by atoms with E-state index in [-0.39, 0.29) is 6.61 Å². The molecule has 90 valence electrons. The molecule has 0 atom stereocenters. The number of hydrogen-bond acceptors (Lipinski definition) is 2. The Balaban J connectivity index is 2.16. The summed E-state index contributed by atoms with van der Waals surface area (Å²) in [5.74, 6) is 0.960. The molecule has 0 aliphatic heterocycles. The summed E-state index contributed by atoms with van der Waals surface area (Å²) in [6.07, 6.45) is 2.05. The van der Waals surface area contributed by atoms with Gasteiger partial charge in [-0.15, -0.1) is 0 Å². The highest BCUT2D eigenvalue weighted by Crippen LogP contribution is 2.13. The zero-order chi connectivity index (χ0) is 11.6. The van der Waals surface area contributed by atoms with Crippen molar-refractivity contribution in [2.45, 2.75) is 19.8 Å². The van der Waals surface area contributed by atoms with E-state index in [0.717, 1.165) is 38.3 Å². The van der Waals surface area contributed by atoms with Gasteiger partial charge in [-0.2, -0.15) is 0 Å². The molecule has 1 rings (SSSR count). The lowest BCUT2D eigenvalue weighted by Gasteiger charge is -2.06. The topological polar surface area (TPSA) is 46.1 Å². The lowest BCUT2D eigenvalue weighted by molar-refractivity contribution is -0.656. The van der Waals surface area contributed by atoms with Crippen LogP contribution in [0.4, 0.5) is 0 Å². The van der Waals surface area contributed by atoms with E-state index < -0.39 is 0 Å². The van der Waals surface area contributed by atoms with Crippen molar-refractivity contribution in [3.63, 3.8) is 0 Å². The summed E-state index contributed by atoms with van der Waals surface area (Å²) >= 11 is 0. The van der Waals surface area contributed by atoms with Crippen molar-refractivity contribution in [1.82, 2.24) is 0 Å². The second kappa shape index (κ2) is 8.13. The molecule has 0 aromatic heterocycles. The van der Waals surface area contributed by atoms with Gasteiger partial charge in [0.05, 0.1) is 26.3 Å². The van der Waals surface area contributed by atoms with Gasteiger partial charge in [-0.3, -0.25) is 0 Å². The first-order valence-corrected chi connectivity index (χ1v) is 6.01. The third kappa shape index (κ3) is 5.14. The molecule has 3 nitrogen and oxygen atoms in total. The summed E-state index contributed by atoms with van der Waals surface area (Å²) in [4.78, 5) is 0. The molecule has 0 saturated carbocycles. The van der Waals surface area contributed by atoms with Gasteiger partial charge in [-0.1, -0.05) is 19.1 Å². The van der Waals surface area contributed by atoms with Gasteiger partial charge in [0.25, 0.3) is 0 Å². The average molecular weight is 224 g/mol. The van der Waals surface area contributed by atoms with Gasteiger partial charge in [0.2, 0.25) is 0 Å². The van der Waals surface area contributed by atoms with E-state index in [4.69, 9.17) is 9.84 Å². The Bertz CT molecular complexity index is 289. The molecule has 0 aliphatic carbocycles. The number of benzene rings is 1. The fourth-order valence-electron chi connectivity index (χ4n) is 1.51. The summed E-state index contributed by atoms with van der Waals surface area (Å²) in [7, 11) is 0. The Morgan fingerprint density at radius 3 is 2.94 bits per heavy atom. The molecular formula is C13H22NO2+. The van der Waals surface area contributed by atoms with Crippen molar-refractivity contribution in [1.29, 1.82) is 0 Å². The minimum atomic E-state index is 0.249. The first-order valence-electron chi connectivity index (χ1n) is 6.01. The van der Waals surface area contributed by atoms with Crippen LogP contribution in [0.25, 0.3) is 0 Å². The number of hydrogen-bond donors (Lipinski definition) is 2. The lowest BCUT2D eigenvalue weighted by Crippen LogP contribution is -2.85. The van der Waals surface area contributed by atoms with Crippen LogP contribution in [0.5, 0.6) is 5.75 Å². The van der Waals surface area contributed by atoms with E-state index in [1.807, 2.05) is 12.1 Å². The highest BCUT2D eigenvalue weighted by Gasteiger charge is 1.96. The number of rotatable bonds is 8. The molecule has 0 fully saturated rings. The van der Waals surface area contributed by atoms with E-state index in [0.29, 0.717) is 0 Å². The zero-order valence-electron chi connectivity index (χ0n) is 9.98. The maximum atomic E-state index is 8.60. The van der Waals surface area contributed by atoms with Crippen LogP contribution in [-0.4, -0.2) is 31.4 Å². The highest BCUT2D eigenvalue weighted by atomic mass is 16.5. The van der Waals surface area contributed by atoms with Crippen molar-refractivity contribution >= 4 is 0 Å². The maximum absolute atomic E-state index is 8.60. The van der Waals surface area contributed by atoms with Gasteiger partial charge in [-0.25, -0.2) is 0 Å². The quantitative estimate of drug-likeness (QED) is 0.634. The zero-order valence-corrected chi connectivity index (χ0v) is 9.98. The van der Waals surface area contributed by atoms with Crippen LogP contribution in [0.2, 0.25) is 0 Å². The standard InChI is InChI=1S/C13H21NO2/c1-2-12-5-3-6-13(11-12)16-10-4-7-14-8-9-15/h3,5-6,11,14-15H,2,4,7-10H2,1H3/p+1. The Morgan fingerprint density at radius 2 is 2.19 bits per heavy atom. The molecule has 0 saturated heterocycles. The minimum Gasteiger partial charge on any atom is -0.493 e. The van der Waals surface area contributed by atoms with E-state index in [9.17, 15) is 0 Å². The second-order valence-corrected chi connectivity index (χ2v) is 3.79. The summed E-state index contributed by atoms with van der Waals surface area (Å²) in [6, 6.07) is 8.24. The fraction of sp³-hybridized carbons (Fsp3) is 0.538. The van der Waals surface area contributed by atoms with Gasteiger partial charge in [0, 0.05) is 6.42 Å². The molecule has 0 aliphatic rings. The summed E-state index contributed by atoms with van der Waals surface area (Å²) in [6.45, 7) is 4.93. The first kappa shape index (κ1) is 13.0. The number of aryl methyl sites for hydroxylation is 1. The van der Waals surface area contributed by atoms with Gasteiger partial charge >= 0.3 is 0 Å². The Morgan fingerprint density at radius 1 is 1.31 bits per heavy atom. The molecule has 0 spiro atoms. The summed E-state index contributed by atoms with van der Waals surface area (Å²) in [5, 5.41) is 10.7. The molecule has 0 bridgehead atoms. The highest BCUT2D eigenvalue weighted by molar-refractivity contribution is 5.28. The molecule has 1 aromatic carbocycles. The minimum absolute atomic E-state index is 0.249. The second-order valence-electron chi connectivity index (χ2n) is 3.79. The van der Waals surface area contributed by atoms with Gasteiger partial charge < -0.3 is 15.2 Å². The summed E-state index contributed by atoms with van der Waals surface area (Å²) in [5.41, 5.74) is 1.31. The Kier molecular flexibility index (Phi) is 6.61. The number of ether oxygens (including phenoxy) is 1. The van der Waals surface area contributed by atoms with Crippen LogP contribution in [0.1, 0.15) is 18.9 Å². The SMILES string of the molecule is CCc1cccc(OCCC[NH2+]CCO)c1. The van der Waals surface area contributed by atoms with Crippen molar-refractivity contribution in [2.24, 2.45) is 0 Å². The summed E-state index contributed by atoms with van der Waals surface area (Å²) < 4.78 is 5.65. The van der Waals surface area contributed by atoms with Crippen molar-refractivity contribution in [3.05, 3.63) is 29.8 Å². The van der Waals surface area contributed by atoms with Gasteiger partial charge in [0.1, 0.15) is 5.75 Å². The molecule has 16 heavy (non-hydrogen) atoms. The third-order valence-electron chi connectivity index (χ3n) is 2.46. The van der Waals surface area contributed by atoms with E-state index in [1.165, 1.54) is 5.56 Å². The van der Waals surface area contributed by atoms with Gasteiger partial charge in [0.15, 0.2) is 0 Å². The van der Waals surface area contributed by atoms with Crippen LogP contribution in [0.15, 0.2) is 24.3 Å². The molecule has 1 aromatic rings. The van der Waals surface area contributed by atoms with E-state index in [1.54, 1.807) is 0 Å². The molecule has 0 heterocycles. The number of nitrogens with two attached hydrogens (primary N) is 1. The number of aliphatic hydroxyl groups is 1. The third-order valence-corrected chi connectivity index (χ3v) is 2.46.